The topological polar surface area (TPSA) is 93.1 Å². The van der Waals surface area contributed by atoms with Gasteiger partial charge in [0.15, 0.2) is 0 Å². The summed E-state index contributed by atoms with van der Waals surface area (Å²) in [5.74, 6) is 2.43. The van der Waals surface area contributed by atoms with Gasteiger partial charge in [0.2, 0.25) is 11.8 Å². The summed E-state index contributed by atoms with van der Waals surface area (Å²) in [7, 11) is 0. The van der Waals surface area contributed by atoms with E-state index in [2.05, 4.69) is 24.1 Å². The Morgan fingerprint density at radius 2 is 1.64 bits per heavy atom. The molecule has 9 atom stereocenters. The van der Waals surface area contributed by atoms with Crippen molar-refractivity contribution in [2.24, 2.45) is 40.4 Å². The molecule has 0 radical (unpaired) electrons. The SMILES string of the molecule is CC(C)C(=O)NCC(=O)N1CCN([C@H]2C[C@@]3(C)[C@@H](CC[C@@H]4[C@@H]3CC[C@]3(C)[C@@H](O)CC[C@@H]43)C[C@@H]2O)CC1. The van der Waals surface area contributed by atoms with Gasteiger partial charge in [0, 0.05) is 38.1 Å². The Balaban J connectivity index is 1.22. The smallest absolute Gasteiger partial charge is 0.242 e. The Kier molecular flexibility index (Phi) is 7.23. The van der Waals surface area contributed by atoms with Crippen molar-refractivity contribution >= 4 is 11.8 Å². The first kappa shape index (κ1) is 26.4. The van der Waals surface area contributed by atoms with E-state index < -0.39 is 0 Å². The Labute approximate surface area is 217 Å². The van der Waals surface area contributed by atoms with Gasteiger partial charge in [-0.15, -0.1) is 0 Å². The highest BCUT2D eigenvalue weighted by molar-refractivity contribution is 5.85. The average molecular weight is 504 g/mol. The second-order valence-corrected chi connectivity index (χ2v) is 13.7. The lowest BCUT2D eigenvalue weighted by molar-refractivity contribution is -0.156. The molecule has 1 heterocycles. The van der Waals surface area contributed by atoms with Gasteiger partial charge in [-0.3, -0.25) is 14.5 Å². The molecule has 204 valence electrons. The van der Waals surface area contributed by atoms with Crippen molar-refractivity contribution in [1.82, 2.24) is 15.1 Å². The lowest BCUT2D eigenvalue weighted by atomic mass is 9.44. The molecule has 0 aromatic heterocycles. The first-order valence-corrected chi connectivity index (χ1v) is 14.7. The Hall–Kier alpha value is -1.18. The molecule has 4 aliphatic carbocycles. The molecule has 7 nitrogen and oxygen atoms in total. The maximum atomic E-state index is 12.6. The van der Waals surface area contributed by atoms with E-state index >= 15 is 0 Å². The summed E-state index contributed by atoms with van der Waals surface area (Å²) in [6.07, 6.45) is 8.51. The van der Waals surface area contributed by atoms with Crippen LogP contribution >= 0.6 is 0 Å². The summed E-state index contributed by atoms with van der Waals surface area (Å²) < 4.78 is 0. The fourth-order valence-corrected chi connectivity index (χ4v) is 9.40. The molecule has 0 aromatic rings. The van der Waals surface area contributed by atoms with Crippen LogP contribution in [-0.2, 0) is 9.59 Å². The number of rotatable bonds is 4. The molecular weight excluding hydrogens is 454 g/mol. The van der Waals surface area contributed by atoms with Crippen molar-refractivity contribution in [3.8, 4) is 0 Å². The minimum atomic E-state index is -0.297. The van der Waals surface area contributed by atoms with Crippen molar-refractivity contribution in [3.05, 3.63) is 0 Å². The highest BCUT2D eigenvalue weighted by Gasteiger charge is 2.61. The van der Waals surface area contributed by atoms with Crippen molar-refractivity contribution < 1.29 is 19.8 Å². The maximum Gasteiger partial charge on any atom is 0.242 e. The molecule has 7 heteroatoms. The predicted molar refractivity (Wildman–Crippen MR) is 139 cm³/mol. The van der Waals surface area contributed by atoms with Crippen LogP contribution in [0.1, 0.15) is 79.1 Å². The molecule has 5 aliphatic rings. The van der Waals surface area contributed by atoms with Crippen LogP contribution in [0.25, 0.3) is 0 Å². The van der Waals surface area contributed by atoms with Crippen LogP contribution in [0.2, 0.25) is 0 Å². The van der Waals surface area contributed by atoms with Gasteiger partial charge < -0.3 is 20.4 Å². The molecule has 3 N–H and O–H groups in total. The summed E-state index contributed by atoms with van der Waals surface area (Å²) in [6.45, 7) is 11.5. The molecule has 1 aliphatic heterocycles. The lowest BCUT2D eigenvalue weighted by Crippen LogP contribution is -2.62. The second-order valence-electron chi connectivity index (χ2n) is 13.7. The first-order chi connectivity index (χ1) is 17.0. The number of fused-ring (bicyclic) bond motifs is 5. The number of carbonyl (C=O) groups is 2. The zero-order chi connectivity index (χ0) is 25.8. The summed E-state index contributed by atoms with van der Waals surface area (Å²) in [4.78, 5) is 28.8. The number of carbonyl (C=O) groups excluding carboxylic acids is 2. The molecule has 5 fully saturated rings. The van der Waals surface area contributed by atoms with Crippen molar-refractivity contribution in [2.75, 3.05) is 32.7 Å². The van der Waals surface area contributed by atoms with Gasteiger partial charge in [0.05, 0.1) is 18.8 Å². The summed E-state index contributed by atoms with van der Waals surface area (Å²) >= 11 is 0. The third-order valence-electron chi connectivity index (χ3n) is 11.7. The number of aliphatic hydroxyl groups excluding tert-OH is 2. The quantitative estimate of drug-likeness (QED) is 0.549. The third-order valence-corrected chi connectivity index (χ3v) is 11.7. The van der Waals surface area contributed by atoms with Crippen LogP contribution in [0.3, 0.4) is 0 Å². The van der Waals surface area contributed by atoms with E-state index in [4.69, 9.17) is 0 Å². The van der Waals surface area contributed by atoms with Gasteiger partial charge in [0.1, 0.15) is 0 Å². The highest BCUT2D eigenvalue weighted by Crippen LogP contribution is 2.66. The minimum absolute atomic E-state index is 0.0148. The van der Waals surface area contributed by atoms with E-state index in [1.54, 1.807) is 0 Å². The number of aliphatic hydroxyl groups is 2. The van der Waals surface area contributed by atoms with E-state index in [0.29, 0.717) is 36.8 Å². The molecule has 0 aromatic carbocycles. The molecule has 1 saturated heterocycles. The Morgan fingerprint density at radius 3 is 2.33 bits per heavy atom. The standard InChI is InChI=1S/C29H49N3O4/c1-18(2)27(36)30-17-26(35)32-13-11-31(12-14-32)23-16-29(4)19(15-24(23)33)5-6-20-21-7-8-25(34)28(21,3)10-9-22(20)29/h18-25,33-34H,5-17H2,1-4H3,(H,30,36)/t19-,20-,21-,22-,23-,24-,25-,28-,29-/m0/s1. The first-order valence-electron chi connectivity index (χ1n) is 14.7. The fraction of sp³-hybridized carbons (Fsp3) is 0.931. The van der Waals surface area contributed by atoms with Gasteiger partial charge in [-0.25, -0.2) is 0 Å². The predicted octanol–water partition coefficient (Wildman–Crippen LogP) is 2.65. The average Bonchev–Trinajstić information content (AvgIpc) is 3.16. The third kappa shape index (κ3) is 4.41. The van der Waals surface area contributed by atoms with E-state index in [1.807, 2.05) is 18.7 Å². The molecule has 2 amide bonds. The molecular formula is C29H49N3O4. The number of nitrogens with zero attached hydrogens (tertiary/aromatic N) is 2. The van der Waals surface area contributed by atoms with Crippen LogP contribution in [0.15, 0.2) is 0 Å². The maximum absolute atomic E-state index is 12.6. The van der Waals surface area contributed by atoms with Gasteiger partial charge in [-0.2, -0.15) is 0 Å². The van der Waals surface area contributed by atoms with Gasteiger partial charge in [-0.05, 0) is 85.9 Å². The largest absolute Gasteiger partial charge is 0.393 e. The zero-order valence-electron chi connectivity index (χ0n) is 22.9. The second kappa shape index (κ2) is 9.85. The minimum Gasteiger partial charge on any atom is -0.393 e. The fourth-order valence-electron chi connectivity index (χ4n) is 9.40. The van der Waals surface area contributed by atoms with Crippen LogP contribution in [-0.4, -0.2) is 82.8 Å². The van der Waals surface area contributed by atoms with Gasteiger partial charge in [0.25, 0.3) is 0 Å². The normalized spacial score (nSPS) is 45.1. The molecule has 4 saturated carbocycles. The summed E-state index contributed by atoms with van der Waals surface area (Å²) in [5.41, 5.74) is 0.352. The molecule has 0 unspecified atom stereocenters. The number of nitrogens with one attached hydrogen (secondary N) is 1. The Bertz CT molecular complexity index is 842. The van der Waals surface area contributed by atoms with Gasteiger partial charge in [-0.1, -0.05) is 27.7 Å². The lowest BCUT2D eigenvalue weighted by Gasteiger charge is -2.62. The molecule has 5 rings (SSSR count). The number of piperazine rings is 1. The Morgan fingerprint density at radius 1 is 0.944 bits per heavy atom. The summed E-state index contributed by atoms with van der Waals surface area (Å²) in [5, 5.41) is 24.8. The van der Waals surface area contributed by atoms with E-state index in [1.165, 1.54) is 25.7 Å². The highest BCUT2D eigenvalue weighted by atomic mass is 16.3. The van der Waals surface area contributed by atoms with Crippen LogP contribution in [0.4, 0.5) is 0 Å². The number of amides is 2. The van der Waals surface area contributed by atoms with Crippen LogP contribution in [0, 0.1) is 40.4 Å². The monoisotopic (exact) mass is 503 g/mol. The molecule has 0 bridgehead atoms. The summed E-state index contributed by atoms with van der Waals surface area (Å²) in [6, 6.07) is 0.158. The van der Waals surface area contributed by atoms with E-state index in [9.17, 15) is 19.8 Å². The zero-order valence-corrected chi connectivity index (χ0v) is 22.9. The van der Waals surface area contributed by atoms with Gasteiger partial charge >= 0.3 is 0 Å². The molecule has 36 heavy (non-hydrogen) atoms. The van der Waals surface area contributed by atoms with Crippen LogP contribution < -0.4 is 5.32 Å². The van der Waals surface area contributed by atoms with Crippen molar-refractivity contribution in [2.45, 2.75) is 97.3 Å². The van der Waals surface area contributed by atoms with Crippen molar-refractivity contribution in [3.63, 3.8) is 0 Å². The number of hydrogen-bond donors (Lipinski definition) is 3. The number of hydrogen-bond acceptors (Lipinski definition) is 5. The van der Waals surface area contributed by atoms with Crippen LogP contribution in [0.5, 0.6) is 0 Å². The van der Waals surface area contributed by atoms with E-state index in [-0.39, 0.29) is 53.4 Å². The van der Waals surface area contributed by atoms with E-state index in [0.717, 1.165) is 38.8 Å². The molecule has 0 spiro atoms. The van der Waals surface area contributed by atoms with Crippen molar-refractivity contribution in [1.29, 1.82) is 0 Å².